The van der Waals surface area contributed by atoms with Crippen LogP contribution in [0.3, 0.4) is 0 Å². The second kappa shape index (κ2) is 7.58. The molecule has 0 bridgehead atoms. The first-order valence-corrected chi connectivity index (χ1v) is 8.97. The molecule has 0 unspecified atom stereocenters. The van der Waals surface area contributed by atoms with Gasteiger partial charge in [0.05, 0.1) is 0 Å². The van der Waals surface area contributed by atoms with E-state index in [9.17, 15) is 4.79 Å². The van der Waals surface area contributed by atoms with E-state index in [1.807, 2.05) is 19.2 Å². The molecule has 0 spiro atoms. The number of halogens is 2. The van der Waals surface area contributed by atoms with Crippen LogP contribution in [0.4, 0.5) is 5.69 Å². The van der Waals surface area contributed by atoms with Gasteiger partial charge >= 0.3 is 0 Å². The van der Waals surface area contributed by atoms with Gasteiger partial charge in [-0.3, -0.25) is 9.78 Å². The Bertz CT molecular complexity index is 761. The van der Waals surface area contributed by atoms with E-state index in [0.717, 1.165) is 25.9 Å². The molecule has 7 heteroatoms. The maximum absolute atomic E-state index is 12.9. The van der Waals surface area contributed by atoms with Crippen LogP contribution in [0.15, 0.2) is 30.6 Å². The molecule has 132 valence electrons. The van der Waals surface area contributed by atoms with Gasteiger partial charge in [0.1, 0.15) is 10.3 Å². The van der Waals surface area contributed by atoms with Crippen LogP contribution in [-0.4, -0.2) is 47.0 Å². The number of amides is 1. The largest absolute Gasteiger partial charge is 0.371 e. The first-order chi connectivity index (χ1) is 12.0. The van der Waals surface area contributed by atoms with Gasteiger partial charge in [-0.15, -0.1) is 0 Å². The summed E-state index contributed by atoms with van der Waals surface area (Å²) in [7, 11) is 1.84. The van der Waals surface area contributed by atoms with Crippen LogP contribution in [0.2, 0.25) is 10.3 Å². The van der Waals surface area contributed by atoms with Crippen molar-refractivity contribution in [1.29, 1.82) is 0 Å². The molecule has 3 heterocycles. The molecule has 1 fully saturated rings. The lowest BCUT2D eigenvalue weighted by atomic mass is 10.0. The number of anilines is 1. The van der Waals surface area contributed by atoms with Crippen LogP contribution >= 0.6 is 23.2 Å². The lowest BCUT2D eigenvalue weighted by molar-refractivity contribution is 0.0708. The van der Waals surface area contributed by atoms with E-state index in [0.29, 0.717) is 11.1 Å². The van der Waals surface area contributed by atoms with E-state index in [1.165, 1.54) is 5.69 Å². The average Bonchev–Trinajstić information content (AvgIpc) is 2.64. The third-order valence-electron chi connectivity index (χ3n) is 4.77. The van der Waals surface area contributed by atoms with E-state index < -0.39 is 0 Å². The molecule has 5 nitrogen and oxygen atoms in total. The zero-order valence-electron chi connectivity index (χ0n) is 14.2. The van der Waals surface area contributed by atoms with Crippen molar-refractivity contribution in [2.75, 3.05) is 25.0 Å². The van der Waals surface area contributed by atoms with Crippen molar-refractivity contribution < 1.29 is 4.79 Å². The van der Waals surface area contributed by atoms with Crippen LogP contribution in [0.25, 0.3) is 0 Å². The van der Waals surface area contributed by atoms with E-state index in [-0.39, 0.29) is 22.3 Å². The number of nitrogens with zero attached hydrogens (tertiary/aromatic N) is 4. The Balaban J connectivity index is 1.68. The third kappa shape index (κ3) is 3.88. The Morgan fingerprint density at radius 1 is 1.24 bits per heavy atom. The van der Waals surface area contributed by atoms with Gasteiger partial charge in [-0.1, -0.05) is 23.2 Å². The van der Waals surface area contributed by atoms with Gasteiger partial charge in [-0.2, -0.15) is 0 Å². The highest BCUT2D eigenvalue weighted by atomic mass is 35.5. The quantitative estimate of drug-likeness (QED) is 0.761. The van der Waals surface area contributed by atoms with E-state index in [2.05, 4.69) is 14.9 Å². The molecule has 2 aromatic rings. The summed E-state index contributed by atoms with van der Waals surface area (Å²) in [4.78, 5) is 25.0. The van der Waals surface area contributed by atoms with Crippen molar-refractivity contribution >= 4 is 34.8 Å². The highest BCUT2D eigenvalue weighted by Crippen LogP contribution is 2.25. The molecule has 1 saturated heterocycles. The van der Waals surface area contributed by atoms with Gasteiger partial charge in [0.25, 0.3) is 5.91 Å². The summed E-state index contributed by atoms with van der Waals surface area (Å²) in [6.45, 7) is 3.60. The Morgan fingerprint density at radius 3 is 2.52 bits per heavy atom. The van der Waals surface area contributed by atoms with Gasteiger partial charge in [0.15, 0.2) is 0 Å². The number of carbonyl (C=O) groups is 1. The molecule has 1 amide bonds. The van der Waals surface area contributed by atoms with Gasteiger partial charge in [-0.05, 0) is 43.5 Å². The monoisotopic (exact) mass is 378 g/mol. The van der Waals surface area contributed by atoms with Crippen LogP contribution < -0.4 is 4.90 Å². The maximum atomic E-state index is 12.9. The van der Waals surface area contributed by atoms with Gasteiger partial charge in [0.2, 0.25) is 0 Å². The molecule has 1 aliphatic heterocycles. The summed E-state index contributed by atoms with van der Waals surface area (Å²) in [6.07, 6.45) is 5.43. The Morgan fingerprint density at radius 2 is 1.88 bits per heavy atom. The first-order valence-electron chi connectivity index (χ1n) is 8.22. The van der Waals surface area contributed by atoms with Crippen LogP contribution in [0, 0.1) is 6.92 Å². The summed E-state index contributed by atoms with van der Waals surface area (Å²) >= 11 is 12.0. The number of aromatic nitrogens is 2. The molecule has 0 atom stereocenters. The summed E-state index contributed by atoms with van der Waals surface area (Å²) < 4.78 is 0. The maximum Gasteiger partial charge on any atom is 0.254 e. The van der Waals surface area contributed by atoms with Crippen molar-refractivity contribution in [2.24, 2.45) is 0 Å². The lowest BCUT2D eigenvalue weighted by Gasteiger charge is -2.38. The molecular formula is C18H20Cl2N4O. The summed E-state index contributed by atoms with van der Waals surface area (Å²) in [6, 6.07) is 5.81. The minimum Gasteiger partial charge on any atom is -0.371 e. The number of carbonyl (C=O) groups excluding carboxylic acids is 1. The summed E-state index contributed by atoms with van der Waals surface area (Å²) in [5.74, 6) is -0.0638. The number of piperidine rings is 1. The highest BCUT2D eigenvalue weighted by molar-refractivity contribution is 6.33. The predicted molar refractivity (Wildman–Crippen MR) is 101 cm³/mol. The smallest absolute Gasteiger partial charge is 0.254 e. The van der Waals surface area contributed by atoms with Gasteiger partial charge in [0, 0.05) is 49.8 Å². The lowest BCUT2D eigenvalue weighted by Crippen LogP contribution is -2.45. The molecular weight excluding hydrogens is 359 g/mol. The Labute approximate surface area is 157 Å². The number of hydrogen-bond acceptors (Lipinski definition) is 4. The molecule has 3 rings (SSSR count). The van der Waals surface area contributed by atoms with Gasteiger partial charge in [-0.25, -0.2) is 4.98 Å². The molecule has 2 aromatic heterocycles. The fourth-order valence-electron chi connectivity index (χ4n) is 3.19. The SMILES string of the molecule is Cc1c(C(=O)N(C)C2CCN(c3ccncc3)CC2)cc(Cl)nc1Cl. The molecule has 25 heavy (non-hydrogen) atoms. The van der Waals surface area contributed by atoms with Crippen molar-refractivity contribution in [2.45, 2.75) is 25.8 Å². The fraction of sp³-hybridized carbons (Fsp3) is 0.389. The van der Waals surface area contributed by atoms with E-state index in [1.54, 1.807) is 30.3 Å². The predicted octanol–water partition coefficient (Wildman–Crippen LogP) is 3.83. The van der Waals surface area contributed by atoms with Crippen molar-refractivity contribution in [3.05, 3.63) is 52.0 Å². The number of rotatable bonds is 3. The number of pyridine rings is 2. The van der Waals surface area contributed by atoms with Crippen molar-refractivity contribution in [3.63, 3.8) is 0 Å². The fourth-order valence-corrected chi connectivity index (χ4v) is 3.62. The Hall–Kier alpha value is -1.85. The molecule has 0 saturated carbocycles. The second-order valence-corrected chi connectivity index (χ2v) is 6.99. The van der Waals surface area contributed by atoms with Gasteiger partial charge < -0.3 is 9.80 Å². The summed E-state index contributed by atoms with van der Waals surface area (Å²) in [5, 5.41) is 0.511. The normalized spacial score (nSPS) is 15.3. The molecule has 0 aromatic carbocycles. The van der Waals surface area contributed by atoms with Crippen LogP contribution in [0.5, 0.6) is 0 Å². The minimum atomic E-state index is -0.0638. The molecule has 1 aliphatic rings. The van der Waals surface area contributed by atoms with E-state index in [4.69, 9.17) is 23.2 Å². The van der Waals surface area contributed by atoms with Crippen molar-refractivity contribution in [1.82, 2.24) is 14.9 Å². The minimum absolute atomic E-state index is 0.0638. The third-order valence-corrected chi connectivity index (χ3v) is 5.33. The van der Waals surface area contributed by atoms with E-state index >= 15 is 0 Å². The van der Waals surface area contributed by atoms with Crippen molar-refractivity contribution in [3.8, 4) is 0 Å². The Kier molecular flexibility index (Phi) is 5.45. The zero-order chi connectivity index (χ0) is 18.0. The molecule has 0 radical (unpaired) electrons. The molecule has 0 N–H and O–H groups in total. The zero-order valence-corrected chi connectivity index (χ0v) is 15.8. The van der Waals surface area contributed by atoms with Crippen LogP contribution in [-0.2, 0) is 0 Å². The topological polar surface area (TPSA) is 49.3 Å². The summed E-state index contributed by atoms with van der Waals surface area (Å²) in [5.41, 5.74) is 2.35. The number of hydrogen-bond donors (Lipinski definition) is 0. The average molecular weight is 379 g/mol. The first kappa shape index (κ1) is 18.0. The standard InChI is InChI=1S/C18H20Cl2N4O/c1-12-15(11-16(19)22-17(12)20)18(25)23(2)13-5-9-24(10-6-13)14-3-7-21-8-4-14/h3-4,7-8,11,13H,5-6,9-10H2,1-2H3. The highest BCUT2D eigenvalue weighted by Gasteiger charge is 2.27. The van der Waals surface area contributed by atoms with Crippen LogP contribution in [0.1, 0.15) is 28.8 Å². The molecule has 0 aliphatic carbocycles. The second-order valence-electron chi connectivity index (χ2n) is 6.25.